The molecule has 0 N–H and O–H groups in total. The molecule has 0 saturated heterocycles. The lowest BCUT2D eigenvalue weighted by molar-refractivity contribution is 0.745. The summed E-state index contributed by atoms with van der Waals surface area (Å²) in [5.41, 5.74) is 2.30. The van der Waals surface area contributed by atoms with Crippen LogP contribution in [0.3, 0.4) is 0 Å². The smallest absolute Gasteiger partial charge is 0.0570 e. The van der Waals surface area contributed by atoms with Gasteiger partial charge in [0.15, 0.2) is 0 Å². The molecule has 14 heavy (non-hydrogen) atoms. The Morgan fingerprint density at radius 2 is 1.93 bits per heavy atom. The van der Waals surface area contributed by atoms with Gasteiger partial charge in [0.1, 0.15) is 0 Å². The molecule has 0 aromatic rings. The third kappa shape index (κ3) is 4.66. The molecule has 0 radical (unpaired) electrons. The number of rotatable bonds is 5. The van der Waals surface area contributed by atoms with Crippen molar-refractivity contribution < 1.29 is 0 Å². The fourth-order valence-corrected chi connectivity index (χ4v) is 1.30. The van der Waals surface area contributed by atoms with Crippen LogP contribution in [0.1, 0.15) is 47.5 Å². The van der Waals surface area contributed by atoms with Crippen LogP contribution in [0, 0.1) is 5.92 Å². The second-order valence-corrected chi connectivity index (χ2v) is 4.30. The molecule has 0 aromatic heterocycles. The Morgan fingerprint density at radius 3 is 2.29 bits per heavy atom. The van der Waals surface area contributed by atoms with Crippen molar-refractivity contribution in [3.63, 3.8) is 0 Å². The summed E-state index contributed by atoms with van der Waals surface area (Å²) in [6.45, 7) is 10.5. The largest absolute Gasteiger partial charge is 0.260 e. The van der Waals surface area contributed by atoms with E-state index in [1.165, 1.54) is 5.57 Å². The Balaban J connectivity index is 4.81. The minimum atomic E-state index is 0.470. The molecular formula is C12H21NS. The van der Waals surface area contributed by atoms with E-state index >= 15 is 0 Å². The topological polar surface area (TPSA) is 12.4 Å². The van der Waals surface area contributed by atoms with Crippen LogP contribution >= 0.6 is 12.2 Å². The number of aliphatic imine (C=N–C) groups is 1. The van der Waals surface area contributed by atoms with Crippen LogP contribution < -0.4 is 0 Å². The van der Waals surface area contributed by atoms with E-state index in [2.05, 4.69) is 25.8 Å². The summed E-state index contributed by atoms with van der Waals surface area (Å²) in [5, 5.41) is 0. The van der Waals surface area contributed by atoms with Gasteiger partial charge in [0.05, 0.1) is 5.71 Å². The highest BCUT2D eigenvalue weighted by atomic mass is 32.1. The third-order valence-corrected chi connectivity index (χ3v) is 2.65. The highest BCUT2D eigenvalue weighted by Crippen LogP contribution is 2.09. The van der Waals surface area contributed by atoms with Crippen LogP contribution in [-0.4, -0.2) is 10.6 Å². The van der Waals surface area contributed by atoms with Crippen molar-refractivity contribution in [2.24, 2.45) is 10.9 Å². The summed E-state index contributed by atoms with van der Waals surface area (Å²) in [6, 6.07) is 0. The molecule has 1 nitrogen and oxygen atoms in total. The SMILES string of the molecule is CCC(=S)C(=NC=C(C)C)C(C)CC. The molecular weight excluding hydrogens is 190 g/mol. The van der Waals surface area contributed by atoms with Crippen molar-refractivity contribution in [2.45, 2.75) is 47.5 Å². The monoisotopic (exact) mass is 211 g/mol. The zero-order valence-corrected chi connectivity index (χ0v) is 10.7. The van der Waals surface area contributed by atoms with Crippen LogP contribution in [0.15, 0.2) is 16.8 Å². The Labute approximate surface area is 93.3 Å². The minimum Gasteiger partial charge on any atom is -0.260 e. The van der Waals surface area contributed by atoms with Crippen molar-refractivity contribution in [1.82, 2.24) is 0 Å². The third-order valence-electron chi connectivity index (χ3n) is 2.15. The van der Waals surface area contributed by atoms with Crippen molar-refractivity contribution in [3.05, 3.63) is 11.8 Å². The van der Waals surface area contributed by atoms with Gasteiger partial charge in [-0.15, -0.1) is 0 Å². The Hall–Kier alpha value is -0.500. The average Bonchev–Trinajstić information content (AvgIpc) is 2.16. The molecule has 0 bridgehead atoms. The van der Waals surface area contributed by atoms with Gasteiger partial charge in [-0.1, -0.05) is 38.6 Å². The highest BCUT2D eigenvalue weighted by Gasteiger charge is 2.11. The maximum Gasteiger partial charge on any atom is 0.0570 e. The summed E-state index contributed by atoms with van der Waals surface area (Å²) in [4.78, 5) is 5.48. The van der Waals surface area contributed by atoms with Gasteiger partial charge in [-0.2, -0.15) is 0 Å². The molecule has 80 valence electrons. The lowest BCUT2D eigenvalue weighted by atomic mass is 9.99. The fourth-order valence-electron chi connectivity index (χ4n) is 1.05. The van der Waals surface area contributed by atoms with Crippen LogP contribution in [0.25, 0.3) is 0 Å². The first-order valence-corrected chi connectivity index (χ1v) is 5.67. The zero-order valence-electron chi connectivity index (χ0n) is 9.92. The number of hydrogen-bond acceptors (Lipinski definition) is 2. The summed E-state index contributed by atoms with van der Waals surface area (Å²) >= 11 is 5.31. The van der Waals surface area contributed by atoms with Crippen LogP contribution in [0.2, 0.25) is 0 Å². The number of thiocarbonyl (C=S) groups is 1. The molecule has 0 aliphatic carbocycles. The molecule has 0 aliphatic rings. The first-order valence-electron chi connectivity index (χ1n) is 5.27. The first-order chi connectivity index (χ1) is 6.52. The number of allylic oxidation sites excluding steroid dienone is 1. The fraction of sp³-hybridized carbons (Fsp3) is 0.667. The standard InChI is InChI=1S/C12H21NS/c1-6-10(5)12(11(14)7-2)13-8-9(3)4/h8,10H,6-7H2,1-5H3. The van der Waals surface area contributed by atoms with E-state index in [-0.39, 0.29) is 0 Å². The predicted molar refractivity (Wildman–Crippen MR) is 69.2 cm³/mol. The minimum absolute atomic E-state index is 0.470. The average molecular weight is 211 g/mol. The highest BCUT2D eigenvalue weighted by molar-refractivity contribution is 7.82. The zero-order chi connectivity index (χ0) is 11.1. The maximum atomic E-state index is 5.31. The number of nitrogens with zero attached hydrogens (tertiary/aromatic N) is 1. The van der Waals surface area contributed by atoms with Crippen LogP contribution in [0.4, 0.5) is 0 Å². The Morgan fingerprint density at radius 1 is 1.36 bits per heavy atom. The predicted octanol–water partition coefficient (Wildman–Crippen LogP) is 4.18. The Bertz CT molecular complexity index is 247. The van der Waals surface area contributed by atoms with Gasteiger partial charge >= 0.3 is 0 Å². The van der Waals surface area contributed by atoms with Gasteiger partial charge in [0.25, 0.3) is 0 Å². The molecule has 2 heteroatoms. The summed E-state index contributed by atoms with van der Waals surface area (Å²) < 4.78 is 0. The van der Waals surface area contributed by atoms with Crippen LogP contribution in [-0.2, 0) is 0 Å². The molecule has 0 heterocycles. The first kappa shape index (κ1) is 13.5. The van der Waals surface area contributed by atoms with E-state index in [1.807, 2.05) is 20.0 Å². The molecule has 0 spiro atoms. The lowest BCUT2D eigenvalue weighted by Crippen LogP contribution is -2.19. The molecule has 0 fully saturated rings. The molecule has 0 saturated carbocycles. The second kappa shape index (κ2) is 6.88. The molecule has 1 atom stereocenters. The quantitative estimate of drug-likeness (QED) is 0.491. The van der Waals surface area contributed by atoms with Gasteiger partial charge in [-0.25, -0.2) is 0 Å². The van der Waals surface area contributed by atoms with Crippen molar-refractivity contribution >= 4 is 22.8 Å². The van der Waals surface area contributed by atoms with Crippen LogP contribution in [0.5, 0.6) is 0 Å². The Kier molecular flexibility index (Phi) is 6.64. The maximum absolute atomic E-state index is 5.31. The summed E-state index contributed by atoms with van der Waals surface area (Å²) in [7, 11) is 0. The van der Waals surface area contributed by atoms with Gasteiger partial charge in [0.2, 0.25) is 0 Å². The van der Waals surface area contributed by atoms with E-state index < -0.39 is 0 Å². The molecule has 1 unspecified atom stereocenters. The van der Waals surface area contributed by atoms with Gasteiger partial charge in [-0.05, 0) is 32.6 Å². The van der Waals surface area contributed by atoms with E-state index in [9.17, 15) is 0 Å². The van der Waals surface area contributed by atoms with Crippen molar-refractivity contribution in [1.29, 1.82) is 0 Å². The van der Waals surface area contributed by atoms with E-state index in [0.29, 0.717) is 5.92 Å². The van der Waals surface area contributed by atoms with Crippen molar-refractivity contribution in [3.8, 4) is 0 Å². The van der Waals surface area contributed by atoms with Gasteiger partial charge in [-0.3, -0.25) is 4.99 Å². The van der Waals surface area contributed by atoms with E-state index in [4.69, 9.17) is 12.2 Å². The summed E-state index contributed by atoms with van der Waals surface area (Å²) in [5.74, 6) is 0.470. The van der Waals surface area contributed by atoms with Gasteiger partial charge < -0.3 is 0 Å². The molecule has 0 rings (SSSR count). The van der Waals surface area contributed by atoms with Gasteiger partial charge in [0, 0.05) is 11.1 Å². The van der Waals surface area contributed by atoms with E-state index in [1.54, 1.807) is 0 Å². The summed E-state index contributed by atoms with van der Waals surface area (Å²) in [6.07, 6.45) is 3.91. The molecule has 0 amide bonds. The molecule has 0 aromatic carbocycles. The second-order valence-electron chi connectivity index (χ2n) is 3.81. The molecule has 0 aliphatic heterocycles. The van der Waals surface area contributed by atoms with Crippen molar-refractivity contribution in [2.75, 3.05) is 0 Å². The van der Waals surface area contributed by atoms with E-state index in [0.717, 1.165) is 23.4 Å². The number of hydrogen-bond donors (Lipinski definition) is 0. The normalized spacial score (nSPS) is 13.6. The lowest BCUT2D eigenvalue weighted by Gasteiger charge is -2.12.